The summed E-state index contributed by atoms with van der Waals surface area (Å²) in [5.74, 6) is 0.0156. The highest BCUT2D eigenvalue weighted by molar-refractivity contribution is 5.57. The van der Waals surface area contributed by atoms with E-state index in [0.29, 0.717) is 11.3 Å². The minimum Gasteiger partial charge on any atom is -0.459 e. The van der Waals surface area contributed by atoms with Crippen molar-refractivity contribution in [2.45, 2.75) is 26.3 Å². The molecule has 1 atom stereocenters. The topological polar surface area (TPSA) is 25.2 Å². The lowest BCUT2D eigenvalue weighted by molar-refractivity contribution is 0.438. The fourth-order valence-corrected chi connectivity index (χ4v) is 1.90. The van der Waals surface area contributed by atoms with Gasteiger partial charge in [-0.05, 0) is 44.2 Å². The smallest absolute Gasteiger partial charge is 0.134 e. The van der Waals surface area contributed by atoms with Crippen molar-refractivity contribution in [3.8, 4) is 11.3 Å². The van der Waals surface area contributed by atoms with Gasteiger partial charge in [0, 0.05) is 11.6 Å². The molecule has 0 fully saturated rings. The monoisotopic (exact) mass is 265 g/mol. The molecule has 1 aromatic heterocycles. The van der Waals surface area contributed by atoms with Crippen LogP contribution < -0.4 is 5.32 Å². The van der Waals surface area contributed by atoms with Gasteiger partial charge in [0.25, 0.3) is 0 Å². The molecule has 4 heteroatoms. The van der Waals surface area contributed by atoms with Crippen molar-refractivity contribution < 1.29 is 13.2 Å². The van der Waals surface area contributed by atoms with E-state index in [1.54, 1.807) is 6.07 Å². The second kappa shape index (κ2) is 5.97. The van der Waals surface area contributed by atoms with Gasteiger partial charge >= 0.3 is 0 Å². The fourth-order valence-electron chi connectivity index (χ4n) is 1.90. The first kappa shape index (κ1) is 13.7. The van der Waals surface area contributed by atoms with E-state index in [1.165, 1.54) is 12.1 Å². The Kier molecular flexibility index (Phi) is 4.32. The zero-order chi connectivity index (χ0) is 13.8. The van der Waals surface area contributed by atoms with Gasteiger partial charge in [-0.2, -0.15) is 0 Å². The van der Waals surface area contributed by atoms with Crippen LogP contribution in [-0.2, 0) is 0 Å². The predicted octanol–water partition coefficient (Wildman–Crippen LogP) is 4.29. The summed E-state index contributed by atoms with van der Waals surface area (Å²) < 4.78 is 31.9. The van der Waals surface area contributed by atoms with E-state index in [0.717, 1.165) is 24.8 Å². The van der Waals surface area contributed by atoms with Crippen LogP contribution in [-0.4, -0.2) is 6.54 Å². The molecule has 1 N–H and O–H groups in total. The Labute approximate surface area is 111 Å². The van der Waals surface area contributed by atoms with Crippen molar-refractivity contribution in [1.82, 2.24) is 5.32 Å². The highest BCUT2D eigenvalue weighted by Crippen LogP contribution is 2.26. The predicted molar refractivity (Wildman–Crippen MR) is 70.8 cm³/mol. The molecule has 2 nitrogen and oxygen atoms in total. The number of hydrogen-bond acceptors (Lipinski definition) is 2. The van der Waals surface area contributed by atoms with E-state index in [-0.39, 0.29) is 6.04 Å². The van der Waals surface area contributed by atoms with Crippen LogP contribution in [0.25, 0.3) is 11.3 Å². The summed E-state index contributed by atoms with van der Waals surface area (Å²) in [5.41, 5.74) is 0.409. The van der Waals surface area contributed by atoms with Crippen LogP contribution in [0.4, 0.5) is 8.78 Å². The number of rotatable bonds is 5. The van der Waals surface area contributed by atoms with Gasteiger partial charge < -0.3 is 9.73 Å². The van der Waals surface area contributed by atoms with Crippen LogP contribution in [0.15, 0.2) is 34.7 Å². The first-order valence-corrected chi connectivity index (χ1v) is 6.39. The summed E-state index contributed by atoms with van der Waals surface area (Å²) in [5, 5.41) is 3.29. The van der Waals surface area contributed by atoms with Crippen LogP contribution in [0.1, 0.15) is 32.1 Å². The lowest BCUT2D eigenvalue weighted by Crippen LogP contribution is -2.18. The van der Waals surface area contributed by atoms with Gasteiger partial charge in [-0.1, -0.05) is 6.92 Å². The van der Waals surface area contributed by atoms with Crippen molar-refractivity contribution in [3.63, 3.8) is 0 Å². The number of hydrogen-bond donors (Lipinski definition) is 1. The third kappa shape index (κ3) is 3.41. The molecule has 0 spiro atoms. The summed E-state index contributed by atoms with van der Waals surface area (Å²) in [6.45, 7) is 4.97. The van der Waals surface area contributed by atoms with Gasteiger partial charge in [-0.25, -0.2) is 8.78 Å². The Balaban J connectivity index is 2.20. The average Bonchev–Trinajstić information content (AvgIpc) is 2.84. The molecule has 19 heavy (non-hydrogen) atoms. The molecule has 1 unspecified atom stereocenters. The number of nitrogens with one attached hydrogen (secondary N) is 1. The molecule has 2 rings (SSSR count). The summed E-state index contributed by atoms with van der Waals surface area (Å²) >= 11 is 0. The molecule has 0 radical (unpaired) electrons. The van der Waals surface area contributed by atoms with Crippen LogP contribution in [0.5, 0.6) is 0 Å². The molecular formula is C15H17F2NO. The first-order valence-electron chi connectivity index (χ1n) is 6.39. The van der Waals surface area contributed by atoms with Crippen LogP contribution in [0.3, 0.4) is 0 Å². The zero-order valence-electron chi connectivity index (χ0n) is 11.0. The van der Waals surface area contributed by atoms with E-state index < -0.39 is 11.6 Å². The molecule has 0 amide bonds. The SMILES string of the molecule is CCCNC(C)c1ccc(-c2cc(F)cc(F)c2)o1. The van der Waals surface area contributed by atoms with Gasteiger partial charge in [0.05, 0.1) is 6.04 Å². The molecule has 0 aliphatic rings. The fraction of sp³-hybridized carbons (Fsp3) is 0.333. The molecule has 0 saturated heterocycles. The van der Waals surface area contributed by atoms with E-state index in [2.05, 4.69) is 12.2 Å². The second-order valence-electron chi connectivity index (χ2n) is 4.54. The third-order valence-corrected chi connectivity index (χ3v) is 2.90. The summed E-state index contributed by atoms with van der Waals surface area (Å²) in [6.07, 6.45) is 1.03. The van der Waals surface area contributed by atoms with E-state index in [4.69, 9.17) is 4.42 Å². The normalized spacial score (nSPS) is 12.6. The van der Waals surface area contributed by atoms with E-state index in [1.807, 2.05) is 13.0 Å². The second-order valence-corrected chi connectivity index (χ2v) is 4.54. The van der Waals surface area contributed by atoms with Gasteiger partial charge in [0.1, 0.15) is 23.2 Å². The summed E-state index contributed by atoms with van der Waals surface area (Å²) in [4.78, 5) is 0. The maximum atomic E-state index is 13.2. The van der Waals surface area contributed by atoms with Gasteiger partial charge in [-0.3, -0.25) is 0 Å². The van der Waals surface area contributed by atoms with E-state index in [9.17, 15) is 8.78 Å². The average molecular weight is 265 g/mol. The number of furan rings is 1. The maximum Gasteiger partial charge on any atom is 0.134 e. The Bertz CT molecular complexity index is 531. The lowest BCUT2D eigenvalue weighted by atomic mass is 10.1. The van der Waals surface area contributed by atoms with Crippen molar-refractivity contribution in [1.29, 1.82) is 0 Å². The van der Waals surface area contributed by atoms with Crippen LogP contribution in [0, 0.1) is 11.6 Å². The van der Waals surface area contributed by atoms with Gasteiger partial charge in [0.15, 0.2) is 0 Å². The standard InChI is InChI=1S/C15H17F2NO/c1-3-6-18-10(2)14-4-5-15(19-14)11-7-12(16)9-13(17)8-11/h4-5,7-10,18H,3,6H2,1-2H3. The van der Waals surface area contributed by atoms with Crippen molar-refractivity contribution in [3.05, 3.63) is 47.7 Å². The molecule has 0 aliphatic heterocycles. The largest absolute Gasteiger partial charge is 0.459 e. The Morgan fingerprint density at radius 1 is 1.16 bits per heavy atom. The van der Waals surface area contributed by atoms with Crippen molar-refractivity contribution in [2.75, 3.05) is 6.54 Å². The zero-order valence-corrected chi connectivity index (χ0v) is 11.0. The molecule has 0 bridgehead atoms. The quantitative estimate of drug-likeness (QED) is 0.872. The van der Waals surface area contributed by atoms with Gasteiger partial charge in [0.2, 0.25) is 0 Å². The molecule has 102 valence electrons. The lowest BCUT2D eigenvalue weighted by Gasteiger charge is -2.09. The summed E-state index contributed by atoms with van der Waals surface area (Å²) in [6, 6.07) is 7.00. The first-order chi connectivity index (χ1) is 9.10. The van der Waals surface area contributed by atoms with Crippen molar-refractivity contribution in [2.24, 2.45) is 0 Å². The minimum atomic E-state index is -0.606. The molecule has 2 aromatic rings. The molecule has 1 aromatic carbocycles. The van der Waals surface area contributed by atoms with E-state index >= 15 is 0 Å². The number of benzene rings is 1. The number of halogens is 2. The van der Waals surface area contributed by atoms with Crippen molar-refractivity contribution >= 4 is 0 Å². The maximum absolute atomic E-state index is 13.2. The minimum absolute atomic E-state index is 0.0760. The Hall–Kier alpha value is -1.68. The highest BCUT2D eigenvalue weighted by atomic mass is 19.1. The molecule has 0 saturated carbocycles. The highest BCUT2D eigenvalue weighted by Gasteiger charge is 2.12. The molecule has 0 aliphatic carbocycles. The Morgan fingerprint density at radius 2 is 1.84 bits per heavy atom. The summed E-state index contributed by atoms with van der Waals surface area (Å²) in [7, 11) is 0. The Morgan fingerprint density at radius 3 is 2.47 bits per heavy atom. The van der Waals surface area contributed by atoms with Crippen LogP contribution >= 0.6 is 0 Å². The van der Waals surface area contributed by atoms with Gasteiger partial charge in [-0.15, -0.1) is 0 Å². The molecule has 1 heterocycles. The molecular weight excluding hydrogens is 248 g/mol. The van der Waals surface area contributed by atoms with Crippen LogP contribution in [0.2, 0.25) is 0 Å². The third-order valence-electron chi connectivity index (χ3n) is 2.90.